The van der Waals surface area contributed by atoms with Crippen molar-refractivity contribution in [2.24, 2.45) is 5.92 Å². The second-order valence-electron chi connectivity index (χ2n) is 8.87. The molecule has 3 aromatic rings. The maximum absolute atomic E-state index is 13.7. The van der Waals surface area contributed by atoms with Gasteiger partial charge in [0, 0.05) is 37.4 Å². The van der Waals surface area contributed by atoms with Gasteiger partial charge in [-0.15, -0.1) is 0 Å². The van der Waals surface area contributed by atoms with Crippen molar-refractivity contribution in [3.63, 3.8) is 0 Å². The van der Waals surface area contributed by atoms with Gasteiger partial charge in [-0.25, -0.2) is 15.0 Å². The molecule has 3 atom stereocenters. The highest BCUT2D eigenvalue weighted by atomic mass is 19.4. The normalized spacial score (nSPS) is 22.0. The first kappa shape index (κ1) is 22.2. The fourth-order valence-electron chi connectivity index (χ4n) is 4.90. The van der Waals surface area contributed by atoms with Crippen molar-refractivity contribution in [1.29, 1.82) is 0 Å². The number of fused-ring (bicyclic) bond motifs is 3. The monoisotopic (exact) mass is 468 g/mol. The van der Waals surface area contributed by atoms with Crippen molar-refractivity contribution >= 4 is 11.7 Å². The number of aryl methyl sites for hydroxylation is 1. The van der Waals surface area contributed by atoms with Gasteiger partial charge in [0.05, 0.1) is 17.2 Å². The molecule has 6 rings (SSSR count). The summed E-state index contributed by atoms with van der Waals surface area (Å²) in [4.78, 5) is 32.5. The molecule has 10 heteroatoms. The molecule has 3 aliphatic rings. The largest absolute Gasteiger partial charge is 0.417 e. The zero-order chi connectivity index (χ0) is 23.9. The van der Waals surface area contributed by atoms with Gasteiger partial charge in [0.2, 0.25) is 0 Å². The Morgan fingerprint density at radius 1 is 1.09 bits per heavy atom. The van der Waals surface area contributed by atoms with E-state index in [0.29, 0.717) is 35.4 Å². The third-order valence-corrected chi connectivity index (χ3v) is 6.50. The molecular weight excluding hydrogens is 445 g/mol. The minimum atomic E-state index is -4.43. The number of alkyl halides is 3. The molecule has 3 fully saturated rings. The van der Waals surface area contributed by atoms with Crippen LogP contribution in [0.3, 0.4) is 0 Å². The minimum Gasteiger partial charge on any atom is -0.365 e. The van der Waals surface area contributed by atoms with Crippen LogP contribution in [0.15, 0.2) is 49.1 Å². The number of nitrogens with zero attached hydrogens (tertiary/aromatic N) is 5. The van der Waals surface area contributed by atoms with Crippen LogP contribution in [0.1, 0.15) is 40.9 Å². The van der Waals surface area contributed by atoms with E-state index in [1.165, 1.54) is 6.07 Å². The van der Waals surface area contributed by atoms with E-state index >= 15 is 0 Å². The van der Waals surface area contributed by atoms with Gasteiger partial charge in [0.1, 0.15) is 11.5 Å². The van der Waals surface area contributed by atoms with Crippen LogP contribution in [0.4, 0.5) is 19.0 Å². The number of anilines is 1. The van der Waals surface area contributed by atoms with Gasteiger partial charge in [-0.1, -0.05) is 0 Å². The summed E-state index contributed by atoms with van der Waals surface area (Å²) in [6, 6.07) is 5.70. The number of amides is 1. The van der Waals surface area contributed by atoms with Crippen LogP contribution in [0.5, 0.6) is 0 Å². The predicted molar refractivity (Wildman–Crippen MR) is 119 cm³/mol. The fourth-order valence-corrected chi connectivity index (χ4v) is 4.90. The van der Waals surface area contributed by atoms with E-state index in [9.17, 15) is 18.0 Å². The average Bonchev–Trinajstić information content (AvgIpc) is 2.84. The van der Waals surface area contributed by atoms with Crippen molar-refractivity contribution in [2.45, 2.75) is 44.4 Å². The van der Waals surface area contributed by atoms with Gasteiger partial charge in [-0.05, 0) is 61.9 Å². The van der Waals surface area contributed by atoms with E-state index in [1.54, 1.807) is 24.7 Å². The number of piperidine rings is 2. The molecule has 1 amide bonds. The molecule has 7 nitrogen and oxygen atoms in total. The number of carbonyl (C=O) groups excluding carboxylic acids is 1. The summed E-state index contributed by atoms with van der Waals surface area (Å²) < 4.78 is 38.6. The number of hydrogen-bond donors (Lipinski definition) is 1. The zero-order valence-electron chi connectivity index (χ0n) is 18.5. The second-order valence-corrected chi connectivity index (χ2v) is 8.87. The summed E-state index contributed by atoms with van der Waals surface area (Å²) in [6.45, 7) is 2.51. The summed E-state index contributed by atoms with van der Waals surface area (Å²) >= 11 is 0. The lowest BCUT2D eigenvalue weighted by atomic mass is 9.76. The molecule has 34 heavy (non-hydrogen) atoms. The van der Waals surface area contributed by atoms with Gasteiger partial charge in [0.15, 0.2) is 5.82 Å². The first-order valence-electron chi connectivity index (χ1n) is 11.1. The van der Waals surface area contributed by atoms with E-state index < -0.39 is 11.7 Å². The van der Waals surface area contributed by atoms with Crippen LogP contribution in [0.25, 0.3) is 11.4 Å². The van der Waals surface area contributed by atoms with Crippen LogP contribution < -0.4 is 5.32 Å². The molecule has 2 bridgehead atoms. The smallest absolute Gasteiger partial charge is 0.365 e. The molecule has 2 aliphatic heterocycles. The van der Waals surface area contributed by atoms with Gasteiger partial charge >= 0.3 is 6.18 Å². The molecule has 1 N–H and O–H groups in total. The van der Waals surface area contributed by atoms with Crippen LogP contribution in [0, 0.1) is 12.8 Å². The number of hydrogen-bond acceptors (Lipinski definition) is 6. The van der Waals surface area contributed by atoms with E-state index in [-0.39, 0.29) is 18.0 Å². The molecular formula is C24H23F3N6O. The molecule has 0 aromatic carbocycles. The highest BCUT2D eigenvalue weighted by molar-refractivity contribution is 5.98. The van der Waals surface area contributed by atoms with Gasteiger partial charge in [-0.3, -0.25) is 9.78 Å². The van der Waals surface area contributed by atoms with E-state index in [4.69, 9.17) is 0 Å². The van der Waals surface area contributed by atoms with Crippen LogP contribution in [0.2, 0.25) is 0 Å². The number of nitrogens with one attached hydrogen (secondary N) is 1. The van der Waals surface area contributed by atoms with E-state index in [2.05, 4.69) is 25.3 Å². The Bertz CT molecular complexity index is 1190. The average molecular weight is 468 g/mol. The van der Waals surface area contributed by atoms with Crippen molar-refractivity contribution in [3.05, 3.63) is 65.9 Å². The van der Waals surface area contributed by atoms with Crippen LogP contribution >= 0.6 is 0 Å². The Morgan fingerprint density at radius 3 is 2.56 bits per heavy atom. The Labute approximate surface area is 194 Å². The Balaban J connectivity index is 1.40. The Kier molecular flexibility index (Phi) is 5.66. The molecule has 5 heterocycles. The number of halogens is 3. The standard InChI is InChI=1S/C24H23F3N6O/c1-14-9-17(22-28-7-2-8-29-22)21(31-11-14)23(34)33-13-15-3-5-19(33)18(10-15)32-20-6-4-16(12-30-20)24(25,26)27/h2,4,6-9,11-12,15,18-19H,3,5,10,13H2,1H3,(H,30,32)/t15-,18+,19-/m0/s1. The maximum atomic E-state index is 13.7. The number of rotatable bonds is 4. The first-order valence-corrected chi connectivity index (χ1v) is 11.1. The quantitative estimate of drug-likeness (QED) is 0.612. The van der Waals surface area contributed by atoms with E-state index in [1.807, 2.05) is 17.9 Å². The van der Waals surface area contributed by atoms with E-state index in [0.717, 1.165) is 37.1 Å². The summed E-state index contributed by atoms with van der Waals surface area (Å²) in [6.07, 6.45) is 3.93. The minimum absolute atomic E-state index is 0.109. The SMILES string of the molecule is Cc1cnc(C(=O)N2C[C@H]3CC[C@H]2[C@H](Nc2ccc(C(F)(F)F)cn2)C3)c(-c2ncccn2)c1. The first-order chi connectivity index (χ1) is 16.3. The van der Waals surface area contributed by atoms with Gasteiger partial charge in [-0.2, -0.15) is 13.2 Å². The summed E-state index contributed by atoms with van der Waals surface area (Å²) in [5.41, 5.74) is 0.991. The summed E-state index contributed by atoms with van der Waals surface area (Å²) in [7, 11) is 0. The highest BCUT2D eigenvalue weighted by Gasteiger charge is 2.44. The second kappa shape index (κ2) is 8.66. The highest BCUT2D eigenvalue weighted by Crippen LogP contribution is 2.38. The van der Waals surface area contributed by atoms with Crippen molar-refractivity contribution in [3.8, 4) is 11.4 Å². The molecule has 1 saturated carbocycles. The number of carbonyl (C=O) groups is 1. The maximum Gasteiger partial charge on any atom is 0.417 e. The lowest BCUT2D eigenvalue weighted by molar-refractivity contribution is -0.137. The zero-order valence-corrected chi connectivity index (χ0v) is 18.5. The third-order valence-electron chi connectivity index (χ3n) is 6.50. The van der Waals surface area contributed by atoms with Gasteiger partial charge in [0.25, 0.3) is 5.91 Å². The van der Waals surface area contributed by atoms with Crippen molar-refractivity contribution in [1.82, 2.24) is 24.8 Å². The van der Waals surface area contributed by atoms with Crippen LogP contribution in [-0.2, 0) is 6.18 Å². The number of aromatic nitrogens is 4. The molecule has 176 valence electrons. The topological polar surface area (TPSA) is 83.9 Å². The Hall–Kier alpha value is -3.56. The lowest BCUT2D eigenvalue weighted by Crippen LogP contribution is -2.60. The lowest BCUT2D eigenvalue weighted by Gasteiger charge is -2.50. The molecule has 0 spiro atoms. The molecule has 1 aliphatic carbocycles. The molecule has 2 saturated heterocycles. The van der Waals surface area contributed by atoms with Crippen molar-refractivity contribution in [2.75, 3.05) is 11.9 Å². The third kappa shape index (κ3) is 4.32. The summed E-state index contributed by atoms with van der Waals surface area (Å²) in [5, 5.41) is 3.27. The van der Waals surface area contributed by atoms with Gasteiger partial charge < -0.3 is 10.2 Å². The molecule has 0 unspecified atom stereocenters. The molecule has 0 radical (unpaired) electrons. The fraction of sp³-hybridized carbons (Fsp3) is 0.375. The number of pyridine rings is 2. The van der Waals surface area contributed by atoms with Crippen molar-refractivity contribution < 1.29 is 18.0 Å². The van der Waals surface area contributed by atoms with Crippen LogP contribution in [-0.4, -0.2) is 49.4 Å². The molecule has 3 aromatic heterocycles. The predicted octanol–water partition coefficient (Wildman–Crippen LogP) is 4.37. The summed E-state index contributed by atoms with van der Waals surface area (Å²) in [5.74, 6) is 0.907. The Morgan fingerprint density at radius 2 is 1.88 bits per heavy atom.